The zero-order valence-electron chi connectivity index (χ0n) is 22.4. The quantitative estimate of drug-likeness (QED) is 0.272. The number of nitrogens with one attached hydrogen (secondary N) is 1. The van der Waals surface area contributed by atoms with Gasteiger partial charge in [0, 0.05) is 49.1 Å². The van der Waals surface area contributed by atoms with Crippen molar-refractivity contribution in [2.24, 2.45) is 0 Å². The molecule has 2 heterocycles. The number of methoxy groups -OCH3 is 2. The summed E-state index contributed by atoms with van der Waals surface area (Å²) in [5, 5.41) is 4.45. The van der Waals surface area contributed by atoms with Gasteiger partial charge in [-0.25, -0.2) is 17.6 Å². The lowest BCUT2D eigenvalue weighted by molar-refractivity contribution is 0.184. The van der Waals surface area contributed by atoms with Crippen molar-refractivity contribution >= 4 is 33.1 Å². The second-order valence-corrected chi connectivity index (χ2v) is 12.1. The Kier molecular flexibility index (Phi) is 8.43. The Balaban J connectivity index is 1.32. The highest BCUT2D eigenvalue weighted by atomic mass is 32.2. The number of amides is 2. The van der Waals surface area contributed by atoms with Crippen molar-refractivity contribution in [2.75, 3.05) is 45.7 Å². The summed E-state index contributed by atoms with van der Waals surface area (Å²) < 4.78 is 59.1. The number of anilines is 1. The van der Waals surface area contributed by atoms with Crippen LogP contribution >= 0.6 is 11.3 Å². The van der Waals surface area contributed by atoms with Crippen LogP contribution in [0.3, 0.4) is 0 Å². The summed E-state index contributed by atoms with van der Waals surface area (Å²) in [5.74, 6) is 1.66. The van der Waals surface area contributed by atoms with Crippen molar-refractivity contribution in [3.8, 4) is 34.1 Å². The minimum atomic E-state index is -3.86. The minimum Gasteiger partial charge on any atom is -0.493 e. The molecule has 5 rings (SSSR count). The van der Waals surface area contributed by atoms with Gasteiger partial charge >= 0.3 is 6.03 Å². The van der Waals surface area contributed by atoms with E-state index in [1.165, 1.54) is 40.6 Å². The highest BCUT2D eigenvalue weighted by Gasteiger charge is 2.33. The summed E-state index contributed by atoms with van der Waals surface area (Å²) in [6.45, 7) is 0.707. The zero-order chi connectivity index (χ0) is 29.0. The lowest BCUT2D eigenvalue weighted by Gasteiger charge is -2.33. The number of carbonyl (C=O) groups excluding carboxylic acids is 1. The SMILES string of the molecule is COc1ccc(Oc2ccccc2-c2ccsc2S(=O)(=O)N2CCN(C(=O)Nc3ccc(F)cc3)CC2)cc1OC. The molecule has 4 aromatic rings. The van der Waals surface area contributed by atoms with Gasteiger partial charge in [0.25, 0.3) is 10.0 Å². The van der Waals surface area contributed by atoms with Crippen LogP contribution < -0.4 is 19.5 Å². The van der Waals surface area contributed by atoms with E-state index >= 15 is 0 Å². The molecular weight excluding hydrogens is 569 g/mol. The Morgan fingerprint density at radius 2 is 1.56 bits per heavy atom. The first kappa shape index (κ1) is 28.4. The lowest BCUT2D eigenvalue weighted by Crippen LogP contribution is -2.51. The fourth-order valence-corrected chi connectivity index (χ4v) is 7.40. The molecule has 41 heavy (non-hydrogen) atoms. The number of hydrogen-bond donors (Lipinski definition) is 1. The number of thiophene rings is 1. The minimum absolute atomic E-state index is 0.139. The number of benzene rings is 3. The summed E-state index contributed by atoms with van der Waals surface area (Å²) >= 11 is 1.14. The number of carbonyl (C=O) groups is 1. The Bertz CT molecular complexity index is 1630. The van der Waals surface area contributed by atoms with Gasteiger partial charge in [0.15, 0.2) is 11.5 Å². The molecular formula is C29H28FN3O6S2. The molecule has 1 N–H and O–H groups in total. The fraction of sp³-hybridized carbons (Fsp3) is 0.207. The summed E-state index contributed by atoms with van der Waals surface area (Å²) in [6.07, 6.45) is 0. The monoisotopic (exact) mass is 597 g/mol. The molecule has 1 fully saturated rings. The second-order valence-electron chi connectivity index (χ2n) is 9.06. The summed E-state index contributed by atoms with van der Waals surface area (Å²) in [7, 11) is -0.772. The molecule has 0 spiro atoms. The molecule has 0 aliphatic carbocycles. The van der Waals surface area contributed by atoms with Crippen LogP contribution in [0.4, 0.5) is 14.9 Å². The lowest BCUT2D eigenvalue weighted by atomic mass is 10.1. The number of ether oxygens (including phenoxy) is 3. The van der Waals surface area contributed by atoms with Gasteiger partial charge in [-0.05, 0) is 53.9 Å². The van der Waals surface area contributed by atoms with Gasteiger partial charge in [0.05, 0.1) is 14.2 Å². The topological polar surface area (TPSA) is 97.4 Å². The van der Waals surface area contributed by atoms with Crippen LogP contribution in [0.5, 0.6) is 23.0 Å². The number of rotatable bonds is 8. The van der Waals surface area contributed by atoms with Crippen LogP contribution in [0.2, 0.25) is 0 Å². The van der Waals surface area contributed by atoms with E-state index in [1.54, 1.807) is 42.8 Å². The molecule has 9 nitrogen and oxygen atoms in total. The Labute approximate surface area is 241 Å². The predicted molar refractivity (Wildman–Crippen MR) is 155 cm³/mol. The Morgan fingerprint density at radius 3 is 2.27 bits per heavy atom. The maximum atomic E-state index is 13.8. The van der Waals surface area contributed by atoms with Crippen LogP contribution in [0.25, 0.3) is 11.1 Å². The molecule has 1 aliphatic rings. The van der Waals surface area contributed by atoms with Crippen molar-refractivity contribution in [1.82, 2.24) is 9.21 Å². The van der Waals surface area contributed by atoms with Crippen LogP contribution in [0.1, 0.15) is 0 Å². The largest absolute Gasteiger partial charge is 0.493 e. The van der Waals surface area contributed by atoms with E-state index < -0.39 is 15.8 Å². The van der Waals surface area contributed by atoms with Gasteiger partial charge in [-0.3, -0.25) is 0 Å². The highest BCUT2D eigenvalue weighted by molar-refractivity contribution is 7.91. The molecule has 1 saturated heterocycles. The predicted octanol–water partition coefficient (Wildman–Crippen LogP) is 5.90. The van der Waals surface area contributed by atoms with Crippen LogP contribution in [-0.2, 0) is 10.0 Å². The van der Waals surface area contributed by atoms with E-state index in [0.717, 1.165) is 11.3 Å². The molecule has 214 valence electrons. The van der Waals surface area contributed by atoms with Gasteiger partial charge in [-0.15, -0.1) is 11.3 Å². The molecule has 0 saturated carbocycles. The van der Waals surface area contributed by atoms with Gasteiger partial charge in [-0.2, -0.15) is 4.31 Å². The first-order valence-corrected chi connectivity index (χ1v) is 15.0. The number of nitrogens with zero attached hydrogens (tertiary/aromatic N) is 2. The van der Waals surface area contributed by atoms with Gasteiger partial charge < -0.3 is 24.4 Å². The van der Waals surface area contributed by atoms with E-state index in [-0.39, 0.29) is 36.4 Å². The number of urea groups is 1. The van der Waals surface area contributed by atoms with Crippen molar-refractivity contribution in [3.05, 3.63) is 84.0 Å². The van der Waals surface area contributed by atoms with E-state index in [4.69, 9.17) is 14.2 Å². The molecule has 2 amide bonds. The number of halogens is 1. The number of para-hydroxylation sites is 1. The van der Waals surface area contributed by atoms with Crippen molar-refractivity contribution < 1.29 is 31.8 Å². The van der Waals surface area contributed by atoms with Crippen molar-refractivity contribution in [2.45, 2.75) is 4.21 Å². The molecule has 0 radical (unpaired) electrons. The van der Waals surface area contributed by atoms with Crippen LogP contribution in [-0.4, -0.2) is 64.1 Å². The maximum Gasteiger partial charge on any atom is 0.321 e. The molecule has 1 aliphatic heterocycles. The normalized spacial score (nSPS) is 14.0. The summed E-state index contributed by atoms with van der Waals surface area (Å²) in [5.41, 5.74) is 1.62. The van der Waals surface area contributed by atoms with E-state index in [1.807, 2.05) is 18.2 Å². The number of sulfonamides is 1. The van der Waals surface area contributed by atoms with E-state index in [9.17, 15) is 17.6 Å². The second kappa shape index (κ2) is 12.2. The van der Waals surface area contributed by atoms with Crippen molar-refractivity contribution in [1.29, 1.82) is 0 Å². The molecule has 0 atom stereocenters. The van der Waals surface area contributed by atoms with Crippen LogP contribution in [0.15, 0.2) is 82.4 Å². The Hall–Kier alpha value is -4.13. The number of hydrogen-bond acceptors (Lipinski definition) is 7. The molecule has 0 unspecified atom stereocenters. The van der Waals surface area contributed by atoms with Gasteiger partial charge in [-0.1, -0.05) is 18.2 Å². The molecule has 0 bridgehead atoms. The molecule has 3 aromatic carbocycles. The van der Waals surface area contributed by atoms with E-state index in [0.29, 0.717) is 39.8 Å². The number of piperazine rings is 1. The highest BCUT2D eigenvalue weighted by Crippen LogP contribution is 2.41. The smallest absolute Gasteiger partial charge is 0.321 e. The third kappa shape index (κ3) is 6.14. The molecule has 1 aromatic heterocycles. The third-order valence-corrected chi connectivity index (χ3v) is 9.95. The summed E-state index contributed by atoms with van der Waals surface area (Å²) in [4.78, 5) is 14.2. The summed E-state index contributed by atoms with van der Waals surface area (Å²) in [6, 6.07) is 19.3. The van der Waals surface area contributed by atoms with E-state index in [2.05, 4.69) is 5.32 Å². The van der Waals surface area contributed by atoms with Crippen molar-refractivity contribution in [3.63, 3.8) is 0 Å². The van der Waals surface area contributed by atoms with Gasteiger partial charge in [0.2, 0.25) is 0 Å². The third-order valence-electron chi connectivity index (χ3n) is 6.59. The average molecular weight is 598 g/mol. The fourth-order valence-electron chi connectivity index (χ4n) is 4.46. The Morgan fingerprint density at radius 1 is 0.854 bits per heavy atom. The van der Waals surface area contributed by atoms with Gasteiger partial charge in [0.1, 0.15) is 21.5 Å². The van der Waals surface area contributed by atoms with Crippen LogP contribution in [0, 0.1) is 5.82 Å². The maximum absolute atomic E-state index is 13.8. The standard InChI is InChI=1S/C29H28FN3O6S2/c1-37-26-12-11-22(19-27(26)38-2)39-25-6-4-3-5-23(25)24-13-18-40-28(24)41(35,36)33-16-14-32(15-17-33)29(34)31-21-9-7-20(30)8-10-21/h3-13,18-19H,14-17H2,1-2H3,(H,31,34). The zero-order valence-corrected chi connectivity index (χ0v) is 24.0. The first-order valence-electron chi connectivity index (χ1n) is 12.7. The molecule has 12 heteroatoms. The first-order chi connectivity index (χ1) is 19.8. The average Bonchev–Trinajstić information content (AvgIpc) is 3.49.